The molecule has 2 rings (SSSR count). The van der Waals surface area contributed by atoms with Crippen LogP contribution < -0.4 is 0 Å². The van der Waals surface area contributed by atoms with E-state index < -0.39 is 5.97 Å². The molecule has 0 radical (unpaired) electrons. The van der Waals surface area contributed by atoms with Gasteiger partial charge >= 0.3 is 5.97 Å². The van der Waals surface area contributed by atoms with Gasteiger partial charge in [0.25, 0.3) is 0 Å². The van der Waals surface area contributed by atoms with Crippen LogP contribution in [0.1, 0.15) is 34.7 Å². The van der Waals surface area contributed by atoms with Crippen LogP contribution in [0.25, 0.3) is 0 Å². The fourth-order valence-electron chi connectivity index (χ4n) is 1.56. The molecule has 2 N–H and O–H groups in total. The molecule has 0 saturated carbocycles. The number of aromatic carboxylic acids is 1. The van der Waals surface area contributed by atoms with Crippen LogP contribution >= 0.6 is 0 Å². The van der Waals surface area contributed by atoms with Crippen LogP contribution in [0.15, 0.2) is 36.5 Å². The van der Waals surface area contributed by atoms with Crippen LogP contribution in [0.3, 0.4) is 0 Å². The van der Waals surface area contributed by atoms with Crippen LogP contribution in [-0.4, -0.2) is 21.0 Å². The highest BCUT2D eigenvalue weighted by atomic mass is 16.4. The van der Waals surface area contributed by atoms with Gasteiger partial charge in [-0.25, -0.2) is 9.78 Å². The molecule has 0 amide bonds. The maximum atomic E-state index is 10.7. The second-order valence-corrected chi connectivity index (χ2v) is 3.62. The molecule has 1 heterocycles. The first kappa shape index (κ1) is 10.4. The third kappa shape index (κ3) is 1.95. The summed E-state index contributed by atoms with van der Waals surface area (Å²) >= 11 is 0. The summed E-state index contributed by atoms with van der Waals surface area (Å²) in [7, 11) is 0. The molecular weight excluding hydrogens is 204 g/mol. The monoisotopic (exact) mass is 216 g/mol. The molecule has 4 nitrogen and oxygen atoms in total. The van der Waals surface area contributed by atoms with Gasteiger partial charge in [-0.15, -0.1) is 0 Å². The first-order valence-electron chi connectivity index (χ1n) is 5.01. The Morgan fingerprint density at radius 1 is 1.38 bits per heavy atom. The normalized spacial score (nSPS) is 12.3. The zero-order chi connectivity index (χ0) is 11.5. The van der Waals surface area contributed by atoms with Gasteiger partial charge in [0.2, 0.25) is 0 Å². The predicted octanol–water partition coefficient (Wildman–Crippen LogP) is 2.26. The Kier molecular flexibility index (Phi) is 2.72. The van der Waals surface area contributed by atoms with Gasteiger partial charge in [-0.05, 0) is 5.56 Å². The van der Waals surface area contributed by atoms with Crippen LogP contribution in [0.5, 0.6) is 0 Å². The number of nitrogens with zero attached hydrogens (tertiary/aromatic N) is 1. The van der Waals surface area contributed by atoms with Gasteiger partial charge in [-0.1, -0.05) is 37.3 Å². The third-order valence-electron chi connectivity index (χ3n) is 2.54. The fraction of sp³-hybridized carbons (Fsp3) is 0.167. The minimum Gasteiger partial charge on any atom is -0.477 e. The number of aromatic nitrogens is 2. The number of hydrogen-bond donors (Lipinski definition) is 2. The van der Waals surface area contributed by atoms with Crippen molar-refractivity contribution in [2.75, 3.05) is 0 Å². The SMILES string of the molecule is C[C@H](c1ccccc1)c1ncc(C(=O)O)[nH]1. The van der Waals surface area contributed by atoms with Crippen molar-refractivity contribution in [2.45, 2.75) is 12.8 Å². The molecule has 0 spiro atoms. The Balaban J connectivity index is 2.27. The molecule has 0 unspecified atom stereocenters. The number of H-pyrrole nitrogens is 1. The van der Waals surface area contributed by atoms with Crippen LogP contribution in [0.4, 0.5) is 0 Å². The van der Waals surface area contributed by atoms with Gasteiger partial charge in [-0.3, -0.25) is 0 Å². The second kappa shape index (κ2) is 4.18. The Labute approximate surface area is 93.0 Å². The molecule has 4 heteroatoms. The van der Waals surface area contributed by atoms with E-state index in [4.69, 9.17) is 5.11 Å². The molecule has 0 fully saturated rings. The molecule has 82 valence electrons. The molecule has 0 aliphatic rings. The number of nitrogens with one attached hydrogen (secondary N) is 1. The average molecular weight is 216 g/mol. The lowest BCUT2D eigenvalue weighted by Crippen LogP contribution is -2.00. The number of benzene rings is 1. The van der Waals surface area contributed by atoms with Crippen molar-refractivity contribution in [1.82, 2.24) is 9.97 Å². The number of aromatic amines is 1. The summed E-state index contributed by atoms with van der Waals surface area (Å²) in [5, 5.41) is 8.78. The van der Waals surface area contributed by atoms with Crippen molar-refractivity contribution in [3.05, 3.63) is 53.6 Å². The zero-order valence-corrected chi connectivity index (χ0v) is 8.84. The Bertz CT molecular complexity index is 491. The summed E-state index contributed by atoms with van der Waals surface area (Å²) in [5.74, 6) is -0.253. The number of carboxylic acid groups (broad SMARTS) is 1. The summed E-state index contributed by atoms with van der Waals surface area (Å²) < 4.78 is 0. The van der Waals surface area contributed by atoms with E-state index in [9.17, 15) is 4.79 Å². The molecule has 1 aromatic carbocycles. The fourth-order valence-corrected chi connectivity index (χ4v) is 1.56. The Morgan fingerprint density at radius 3 is 2.62 bits per heavy atom. The van der Waals surface area contributed by atoms with Crippen LogP contribution in [0, 0.1) is 0 Å². The molecule has 0 aliphatic heterocycles. The van der Waals surface area contributed by atoms with E-state index in [1.54, 1.807) is 0 Å². The number of imidazole rings is 1. The van der Waals surface area contributed by atoms with E-state index in [0.717, 1.165) is 5.56 Å². The maximum Gasteiger partial charge on any atom is 0.353 e. The largest absolute Gasteiger partial charge is 0.477 e. The lowest BCUT2D eigenvalue weighted by molar-refractivity contribution is 0.0691. The second-order valence-electron chi connectivity index (χ2n) is 3.62. The highest BCUT2D eigenvalue weighted by molar-refractivity contribution is 5.85. The summed E-state index contributed by atoms with van der Waals surface area (Å²) in [5.41, 5.74) is 1.23. The van der Waals surface area contributed by atoms with Gasteiger partial charge in [-0.2, -0.15) is 0 Å². The number of carbonyl (C=O) groups is 1. The van der Waals surface area contributed by atoms with Gasteiger partial charge in [0.05, 0.1) is 6.20 Å². The number of carboxylic acids is 1. The smallest absolute Gasteiger partial charge is 0.353 e. The van der Waals surface area contributed by atoms with Crippen molar-refractivity contribution in [2.24, 2.45) is 0 Å². The van der Waals surface area contributed by atoms with E-state index >= 15 is 0 Å². The Morgan fingerprint density at radius 2 is 2.06 bits per heavy atom. The highest BCUT2D eigenvalue weighted by Crippen LogP contribution is 2.20. The summed E-state index contributed by atoms with van der Waals surface area (Å²) in [6.45, 7) is 1.99. The van der Waals surface area contributed by atoms with Crippen LogP contribution in [0.2, 0.25) is 0 Å². The molecule has 16 heavy (non-hydrogen) atoms. The van der Waals surface area contributed by atoms with Gasteiger partial charge in [0, 0.05) is 5.92 Å². The molecule has 2 aromatic rings. The maximum absolute atomic E-state index is 10.7. The van der Waals surface area contributed by atoms with Crippen LogP contribution in [-0.2, 0) is 0 Å². The standard InChI is InChI=1S/C12H12N2O2/c1-8(9-5-3-2-4-6-9)11-13-7-10(14-11)12(15)16/h2-8H,1H3,(H,13,14)(H,15,16)/t8-/m1/s1. The molecule has 1 aromatic heterocycles. The van der Waals surface area contributed by atoms with Crippen molar-refractivity contribution < 1.29 is 9.90 Å². The predicted molar refractivity (Wildman–Crippen MR) is 59.5 cm³/mol. The molecular formula is C12H12N2O2. The van der Waals surface area contributed by atoms with Gasteiger partial charge in [0.15, 0.2) is 0 Å². The molecule has 1 atom stereocenters. The summed E-state index contributed by atoms with van der Waals surface area (Å²) in [6.07, 6.45) is 1.34. The quantitative estimate of drug-likeness (QED) is 0.827. The van der Waals surface area contributed by atoms with Gasteiger partial charge < -0.3 is 10.1 Å². The zero-order valence-electron chi connectivity index (χ0n) is 8.84. The summed E-state index contributed by atoms with van der Waals surface area (Å²) in [6, 6.07) is 9.84. The van der Waals surface area contributed by atoms with Crippen molar-refractivity contribution in [3.8, 4) is 0 Å². The minimum atomic E-state index is -0.987. The van der Waals surface area contributed by atoms with E-state index in [1.165, 1.54) is 6.20 Å². The number of hydrogen-bond acceptors (Lipinski definition) is 2. The highest BCUT2D eigenvalue weighted by Gasteiger charge is 2.14. The van der Waals surface area contributed by atoms with E-state index in [0.29, 0.717) is 5.82 Å². The van der Waals surface area contributed by atoms with Crippen molar-refractivity contribution >= 4 is 5.97 Å². The van der Waals surface area contributed by atoms with E-state index in [2.05, 4.69) is 9.97 Å². The molecule has 0 aliphatic carbocycles. The average Bonchev–Trinajstić information content (AvgIpc) is 2.78. The van der Waals surface area contributed by atoms with E-state index in [1.807, 2.05) is 37.3 Å². The first-order valence-corrected chi connectivity index (χ1v) is 5.01. The van der Waals surface area contributed by atoms with E-state index in [-0.39, 0.29) is 11.6 Å². The third-order valence-corrected chi connectivity index (χ3v) is 2.54. The lowest BCUT2D eigenvalue weighted by atomic mass is 10.0. The number of rotatable bonds is 3. The first-order chi connectivity index (χ1) is 7.68. The van der Waals surface area contributed by atoms with Crippen molar-refractivity contribution in [3.63, 3.8) is 0 Å². The van der Waals surface area contributed by atoms with Gasteiger partial charge in [0.1, 0.15) is 11.5 Å². The lowest BCUT2D eigenvalue weighted by Gasteiger charge is -2.07. The molecule has 0 saturated heterocycles. The Hall–Kier alpha value is -2.10. The topological polar surface area (TPSA) is 66.0 Å². The van der Waals surface area contributed by atoms with Crippen molar-refractivity contribution in [1.29, 1.82) is 0 Å². The molecule has 0 bridgehead atoms. The summed E-state index contributed by atoms with van der Waals surface area (Å²) in [4.78, 5) is 17.6. The minimum absolute atomic E-state index is 0.0642.